The summed E-state index contributed by atoms with van der Waals surface area (Å²) in [5.41, 5.74) is 1.40. The molecule has 92 valence electrons. The molecule has 1 aromatic carbocycles. The van der Waals surface area contributed by atoms with Crippen LogP contribution in [-0.2, 0) is 6.42 Å². The number of hydrogen-bond acceptors (Lipinski definition) is 1. The Labute approximate surface area is 109 Å². The molecule has 2 nitrogen and oxygen atoms in total. The molecule has 0 saturated carbocycles. The Bertz CT molecular complexity index is 344. The van der Waals surface area contributed by atoms with Crippen molar-refractivity contribution in [3.63, 3.8) is 0 Å². The van der Waals surface area contributed by atoms with Gasteiger partial charge in [-0.05, 0) is 43.5 Å². The number of hydrogen-bond donors (Lipinski definition) is 1. The summed E-state index contributed by atoms with van der Waals surface area (Å²) < 4.78 is 0. The molecule has 0 unspecified atom stereocenters. The molecule has 0 aliphatic carbocycles. The lowest BCUT2D eigenvalue weighted by Crippen LogP contribution is -2.38. The van der Waals surface area contributed by atoms with E-state index in [4.69, 9.17) is 12.2 Å². The van der Waals surface area contributed by atoms with Gasteiger partial charge in [0.1, 0.15) is 0 Å². The third-order valence-electron chi connectivity index (χ3n) is 3.15. The molecule has 0 atom stereocenters. The summed E-state index contributed by atoms with van der Waals surface area (Å²) in [6.45, 7) is 3.24. The molecule has 0 radical (unpaired) electrons. The summed E-state index contributed by atoms with van der Waals surface area (Å²) in [6.07, 6.45) is 4.83. The summed E-state index contributed by atoms with van der Waals surface area (Å²) in [6, 6.07) is 10.6. The first-order chi connectivity index (χ1) is 8.36. The maximum atomic E-state index is 5.36. The van der Waals surface area contributed by atoms with Crippen LogP contribution in [-0.4, -0.2) is 29.6 Å². The molecule has 1 aliphatic heterocycles. The fourth-order valence-corrected chi connectivity index (χ4v) is 2.45. The van der Waals surface area contributed by atoms with Crippen LogP contribution in [0.4, 0.5) is 0 Å². The van der Waals surface area contributed by atoms with Gasteiger partial charge in [0.2, 0.25) is 0 Å². The Morgan fingerprint density at radius 2 is 1.88 bits per heavy atom. The Kier molecular flexibility index (Phi) is 4.80. The van der Waals surface area contributed by atoms with Gasteiger partial charge in [-0.15, -0.1) is 0 Å². The summed E-state index contributed by atoms with van der Waals surface area (Å²) in [5, 5.41) is 4.29. The first-order valence-corrected chi connectivity index (χ1v) is 6.84. The van der Waals surface area contributed by atoms with E-state index in [1.165, 1.54) is 18.4 Å². The molecule has 0 aromatic heterocycles. The molecule has 0 spiro atoms. The monoisotopic (exact) mass is 248 g/mol. The van der Waals surface area contributed by atoms with E-state index in [0.29, 0.717) is 0 Å². The Balaban J connectivity index is 1.61. The van der Waals surface area contributed by atoms with Gasteiger partial charge in [0.05, 0.1) is 0 Å². The van der Waals surface area contributed by atoms with Gasteiger partial charge >= 0.3 is 0 Å². The van der Waals surface area contributed by atoms with E-state index in [1.807, 2.05) is 0 Å². The highest BCUT2D eigenvalue weighted by molar-refractivity contribution is 7.80. The van der Waals surface area contributed by atoms with Gasteiger partial charge in [0, 0.05) is 19.6 Å². The van der Waals surface area contributed by atoms with Gasteiger partial charge in [0.15, 0.2) is 5.11 Å². The normalized spacial score (nSPS) is 14.9. The summed E-state index contributed by atoms with van der Waals surface area (Å²) in [7, 11) is 0. The van der Waals surface area contributed by atoms with Gasteiger partial charge in [0.25, 0.3) is 0 Å². The van der Waals surface area contributed by atoms with Crippen LogP contribution >= 0.6 is 12.2 Å². The number of nitrogens with zero attached hydrogens (tertiary/aromatic N) is 1. The predicted molar refractivity (Wildman–Crippen MR) is 76.2 cm³/mol. The van der Waals surface area contributed by atoms with Crippen LogP contribution < -0.4 is 5.32 Å². The predicted octanol–water partition coefficient (Wildman–Crippen LogP) is 2.59. The van der Waals surface area contributed by atoms with Crippen LogP contribution in [0.1, 0.15) is 24.8 Å². The second-order valence-electron chi connectivity index (χ2n) is 4.52. The molecule has 0 amide bonds. The van der Waals surface area contributed by atoms with Crippen LogP contribution in [0, 0.1) is 0 Å². The third kappa shape index (κ3) is 4.00. The van der Waals surface area contributed by atoms with Crippen molar-refractivity contribution in [3.05, 3.63) is 35.9 Å². The molecule has 17 heavy (non-hydrogen) atoms. The highest BCUT2D eigenvalue weighted by atomic mass is 32.1. The number of rotatable bonds is 4. The highest BCUT2D eigenvalue weighted by Crippen LogP contribution is 2.07. The van der Waals surface area contributed by atoms with Gasteiger partial charge in [-0.25, -0.2) is 0 Å². The molecule has 1 aliphatic rings. The first kappa shape index (κ1) is 12.4. The van der Waals surface area contributed by atoms with Crippen LogP contribution in [0.3, 0.4) is 0 Å². The Morgan fingerprint density at radius 1 is 1.18 bits per heavy atom. The number of likely N-dealkylation sites (tertiary alicyclic amines) is 1. The minimum absolute atomic E-state index is 0.940. The number of thiocarbonyl (C=S) groups is 1. The molecular weight excluding hydrogens is 228 g/mol. The zero-order valence-electron chi connectivity index (χ0n) is 10.2. The van der Waals surface area contributed by atoms with E-state index in [2.05, 4.69) is 40.5 Å². The van der Waals surface area contributed by atoms with Gasteiger partial charge in [-0.1, -0.05) is 30.3 Å². The zero-order chi connectivity index (χ0) is 11.9. The number of benzene rings is 1. The van der Waals surface area contributed by atoms with E-state index in [-0.39, 0.29) is 0 Å². The molecule has 1 aromatic rings. The molecule has 0 bridgehead atoms. The second-order valence-corrected chi connectivity index (χ2v) is 4.90. The van der Waals surface area contributed by atoms with Crippen molar-refractivity contribution in [1.82, 2.24) is 10.2 Å². The number of nitrogens with one attached hydrogen (secondary N) is 1. The standard InChI is InChI=1S/C14H20N2S/c17-14(16-11-4-5-12-16)15-10-6-9-13-7-2-1-3-8-13/h1-3,7-8H,4-6,9-12H2,(H,15,17). The van der Waals surface area contributed by atoms with Crippen LogP contribution in [0.2, 0.25) is 0 Å². The first-order valence-electron chi connectivity index (χ1n) is 6.43. The smallest absolute Gasteiger partial charge is 0.168 e. The molecule has 1 heterocycles. The maximum Gasteiger partial charge on any atom is 0.168 e. The second kappa shape index (κ2) is 6.60. The van der Waals surface area contributed by atoms with Gasteiger partial charge in [-0.3, -0.25) is 0 Å². The SMILES string of the molecule is S=C(NCCCc1ccccc1)N1CCCC1. The molecule has 3 heteroatoms. The minimum atomic E-state index is 0.940. The molecule has 1 saturated heterocycles. The molecule has 1 fully saturated rings. The lowest BCUT2D eigenvalue weighted by atomic mass is 10.1. The van der Waals surface area contributed by atoms with E-state index in [9.17, 15) is 0 Å². The lowest BCUT2D eigenvalue weighted by Gasteiger charge is -2.19. The summed E-state index contributed by atoms with van der Waals surface area (Å²) in [4.78, 5) is 2.28. The van der Waals surface area contributed by atoms with Crippen LogP contribution in [0.5, 0.6) is 0 Å². The Hall–Kier alpha value is -1.09. The molecule has 1 N–H and O–H groups in total. The third-order valence-corrected chi connectivity index (χ3v) is 3.56. The lowest BCUT2D eigenvalue weighted by molar-refractivity contribution is 0.505. The van der Waals surface area contributed by atoms with Crippen molar-refractivity contribution in [2.45, 2.75) is 25.7 Å². The average Bonchev–Trinajstić information content (AvgIpc) is 2.89. The fraction of sp³-hybridized carbons (Fsp3) is 0.500. The van der Waals surface area contributed by atoms with E-state index in [1.54, 1.807) is 0 Å². The minimum Gasteiger partial charge on any atom is -0.363 e. The quantitative estimate of drug-likeness (QED) is 0.651. The van der Waals surface area contributed by atoms with E-state index < -0.39 is 0 Å². The van der Waals surface area contributed by atoms with Gasteiger partial charge < -0.3 is 10.2 Å². The highest BCUT2D eigenvalue weighted by Gasteiger charge is 2.13. The maximum absolute atomic E-state index is 5.36. The number of aryl methyl sites for hydroxylation is 1. The molecule has 2 rings (SSSR count). The van der Waals surface area contributed by atoms with Crippen molar-refractivity contribution in [3.8, 4) is 0 Å². The van der Waals surface area contributed by atoms with Crippen molar-refractivity contribution in [2.24, 2.45) is 0 Å². The van der Waals surface area contributed by atoms with E-state index >= 15 is 0 Å². The molecular formula is C14H20N2S. The van der Waals surface area contributed by atoms with Crippen molar-refractivity contribution in [1.29, 1.82) is 0 Å². The summed E-state index contributed by atoms with van der Waals surface area (Å²) >= 11 is 5.36. The van der Waals surface area contributed by atoms with Crippen molar-refractivity contribution >= 4 is 17.3 Å². The topological polar surface area (TPSA) is 15.3 Å². The average molecular weight is 248 g/mol. The van der Waals surface area contributed by atoms with Crippen LogP contribution in [0.25, 0.3) is 0 Å². The van der Waals surface area contributed by atoms with E-state index in [0.717, 1.165) is 37.6 Å². The largest absolute Gasteiger partial charge is 0.363 e. The fourth-order valence-electron chi connectivity index (χ4n) is 2.16. The van der Waals surface area contributed by atoms with Crippen molar-refractivity contribution in [2.75, 3.05) is 19.6 Å². The summed E-state index contributed by atoms with van der Waals surface area (Å²) in [5.74, 6) is 0. The van der Waals surface area contributed by atoms with Crippen molar-refractivity contribution < 1.29 is 0 Å². The van der Waals surface area contributed by atoms with Crippen LogP contribution in [0.15, 0.2) is 30.3 Å². The van der Waals surface area contributed by atoms with Gasteiger partial charge in [-0.2, -0.15) is 0 Å². The zero-order valence-corrected chi connectivity index (χ0v) is 11.0. The Morgan fingerprint density at radius 3 is 2.59 bits per heavy atom.